The van der Waals surface area contributed by atoms with Crippen LogP contribution in [-0.2, 0) is 0 Å². The molecule has 104 valence electrons. The van der Waals surface area contributed by atoms with Crippen LogP contribution in [0.5, 0.6) is 0 Å². The predicted molar refractivity (Wildman–Crippen MR) is 83.2 cm³/mol. The highest BCUT2D eigenvalue weighted by molar-refractivity contribution is 6.42. The zero-order chi connectivity index (χ0) is 14.7. The Kier molecular flexibility index (Phi) is 4.70. The van der Waals surface area contributed by atoms with E-state index in [1.165, 1.54) is 6.07 Å². The molecule has 0 aliphatic carbocycles. The van der Waals surface area contributed by atoms with Gasteiger partial charge in [-0.25, -0.2) is 4.98 Å². The van der Waals surface area contributed by atoms with Crippen LogP contribution in [0, 0.1) is 0 Å². The number of halogens is 3. The van der Waals surface area contributed by atoms with Crippen molar-refractivity contribution in [3.05, 3.63) is 51.1 Å². The zero-order valence-electron chi connectivity index (χ0n) is 10.4. The fraction of sp³-hybridized carbons (Fsp3) is 0.0769. The molecule has 1 aromatic heterocycles. The summed E-state index contributed by atoms with van der Waals surface area (Å²) in [6.07, 6.45) is 0. The van der Waals surface area contributed by atoms with Crippen molar-refractivity contribution in [3.63, 3.8) is 0 Å². The molecule has 0 saturated heterocycles. The largest absolute Gasteiger partial charge is 0.373 e. The number of amides is 1. The van der Waals surface area contributed by atoms with Crippen LogP contribution in [0.4, 0.5) is 11.5 Å². The summed E-state index contributed by atoms with van der Waals surface area (Å²) in [7, 11) is 1.69. The summed E-state index contributed by atoms with van der Waals surface area (Å²) < 4.78 is 0. The molecule has 2 N–H and O–H groups in total. The first-order chi connectivity index (χ1) is 9.49. The lowest BCUT2D eigenvalue weighted by Gasteiger charge is -2.08. The molecular weight excluding hydrogens is 321 g/mol. The molecule has 0 aliphatic rings. The molecule has 7 heteroatoms. The fourth-order valence-corrected chi connectivity index (χ4v) is 2.04. The smallest absolute Gasteiger partial charge is 0.255 e. The molecule has 0 fully saturated rings. The Labute approximate surface area is 131 Å². The fourth-order valence-electron chi connectivity index (χ4n) is 1.53. The normalized spacial score (nSPS) is 10.2. The van der Waals surface area contributed by atoms with Gasteiger partial charge in [-0.15, -0.1) is 0 Å². The van der Waals surface area contributed by atoms with Crippen LogP contribution >= 0.6 is 34.8 Å². The molecule has 1 amide bonds. The number of pyridine rings is 1. The quantitative estimate of drug-likeness (QED) is 0.823. The number of aromatic nitrogens is 1. The van der Waals surface area contributed by atoms with Crippen LogP contribution in [0.15, 0.2) is 30.3 Å². The van der Waals surface area contributed by atoms with Crippen molar-refractivity contribution in [1.29, 1.82) is 0 Å². The summed E-state index contributed by atoms with van der Waals surface area (Å²) in [4.78, 5) is 16.1. The number of nitrogens with zero attached hydrogens (tertiary/aromatic N) is 1. The van der Waals surface area contributed by atoms with Gasteiger partial charge >= 0.3 is 0 Å². The first kappa shape index (κ1) is 14.9. The van der Waals surface area contributed by atoms with Gasteiger partial charge in [0.25, 0.3) is 5.91 Å². The van der Waals surface area contributed by atoms with Crippen molar-refractivity contribution in [3.8, 4) is 0 Å². The maximum absolute atomic E-state index is 12.1. The molecule has 2 aromatic rings. The first-order valence-corrected chi connectivity index (χ1v) is 6.74. The van der Waals surface area contributed by atoms with Crippen LogP contribution in [0.3, 0.4) is 0 Å². The van der Waals surface area contributed by atoms with E-state index in [-0.39, 0.29) is 11.1 Å². The Balaban J connectivity index is 2.23. The van der Waals surface area contributed by atoms with Gasteiger partial charge in [0.15, 0.2) is 0 Å². The second-order valence-electron chi connectivity index (χ2n) is 3.90. The Morgan fingerprint density at radius 1 is 1.10 bits per heavy atom. The minimum absolute atomic E-state index is 0.233. The van der Waals surface area contributed by atoms with E-state index in [1.807, 2.05) is 0 Å². The van der Waals surface area contributed by atoms with Crippen molar-refractivity contribution in [2.45, 2.75) is 0 Å². The molecule has 0 unspecified atom stereocenters. The van der Waals surface area contributed by atoms with E-state index in [1.54, 1.807) is 31.3 Å². The number of nitrogens with one attached hydrogen (secondary N) is 2. The molecule has 4 nitrogen and oxygen atoms in total. The number of anilines is 2. The van der Waals surface area contributed by atoms with Crippen molar-refractivity contribution in [1.82, 2.24) is 4.98 Å². The van der Waals surface area contributed by atoms with Crippen LogP contribution in [0.2, 0.25) is 15.2 Å². The average molecular weight is 331 g/mol. The molecule has 0 aliphatic heterocycles. The number of benzene rings is 1. The van der Waals surface area contributed by atoms with E-state index < -0.39 is 0 Å². The lowest BCUT2D eigenvalue weighted by atomic mass is 10.2. The lowest BCUT2D eigenvalue weighted by Crippen LogP contribution is -2.12. The Bertz CT molecular complexity index is 661. The van der Waals surface area contributed by atoms with Gasteiger partial charge in [-0.2, -0.15) is 0 Å². The molecule has 0 bridgehead atoms. The number of rotatable bonds is 3. The molecule has 1 heterocycles. The van der Waals surface area contributed by atoms with Gasteiger partial charge in [-0.05, 0) is 30.3 Å². The van der Waals surface area contributed by atoms with Crippen molar-refractivity contribution in [2.75, 3.05) is 17.7 Å². The van der Waals surface area contributed by atoms with E-state index >= 15 is 0 Å². The number of carbonyl (C=O) groups is 1. The van der Waals surface area contributed by atoms with Crippen LogP contribution in [0.25, 0.3) is 0 Å². The zero-order valence-corrected chi connectivity index (χ0v) is 12.6. The topological polar surface area (TPSA) is 54.0 Å². The highest BCUT2D eigenvalue weighted by Crippen LogP contribution is 2.25. The molecular formula is C13H10Cl3N3O. The maximum atomic E-state index is 12.1. The monoisotopic (exact) mass is 329 g/mol. The molecule has 1 aromatic carbocycles. The van der Waals surface area contributed by atoms with Crippen LogP contribution < -0.4 is 10.6 Å². The standard InChI is InChI=1S/C13H10Cl3N3O/c1-17-12-5-7(4-11(16)19-12)13(20)18-8-2-3-9(14)10(15)6-8/h2-6H,1H3,(H,17,19)(H,18,20). The van der Waals surface area contributed by atoms with Gasteiger partial charge in [0, 0.05) is 18.3 Å². The Morgan fingerprint density at radius 2 is 1.85 bits per heavy atom. The molecule has 0 spiro atoms. The van der Waals surface area contributed by atoms with E-state index in [0.29, 0.717) is 27.1 Å². The van der Waals surface area contributed by atoms with Crippen molar-refractivity contribution < 1.29 is 4.79 Å². The highest BCUT2D eigenvalue weighted by Gasteiger charge is 2.10. The van der Waals surface area contributed by atoms with Gasteiger partial charge in [0.05, 0.1) is 10.0 Å². The average Bonchev–Trinajstić information content (AvgIpc) is 2.42. The second-order valence-corrected chi connectivity index (χ2v) is 5.10. The molecule has 20 heavy (non-hydrogen) atoms. The summed E-state index contributed by atoms with van der Waals surface area (Å²) in [5, 5.41) is 6.56. The summed E-state index contributed by atoms with van der Waals surface area (Å²) in [6, 6.07) is 7.92. The number of hydrogen-bond acceptors (Lipinski definition) is 3. The minimum atomic E-state index is -0.316. The third-order valence-corrected chi connectivity index (χ3v) is 3.42. The summed E-state index contributed by atoms with van der Waals surface area (Å²) in [5.74, 6) is 0.195. The first-order valence-electron chi connectivity index (χ1n) is 5.61. The molecule has 2 rings (SSSR count). The van der Waals surface area contributed by atoms with E-state index in [4.69, 9.17) is 34.8 Å². The van der Waals surface area contributed by atoms with Gasteiger partial charge in [0.2, 0.25) is 0 Å². The Morgan fingerprint density at radius 3 is 2.50 bits per heavy atom. The van der Waals surface area contributed by atoms with Gasteiger partial charge in [-0.1, -0.05) is 34.8 Å². The van der Waals surface area contributed by atoms with E-state index in [9.17, 15) is 4.79 Å². The van der Waals surface area contributed by atoms with Crippen molar-refractivity contribution >= 4 is 52.2 Å². The lowest BCUT2D eigenvalue weighted by molar-refractivity contribution is 0.102. The third kappa shape index (κ3) is 3.54. The van der Waals surface area contributed by atoms with Gasteiger partial charge < -0.3 is 10.6 Å². The number of carbonyl (C=O) groups excluding carboxylic acids is 1. The molecule has 0 radical (unpaired) electrons. The minimum Gasteiger partial charge on any atom is -0.373 e. The maximum Gasteiger partial charge on any atom is 0.255 e. The third-order valence-electron chi connectivity index (χ3n) is 2.49. The summed E-state index contributed by atoms with van der Waals surface area (Å²) in [5.41, 5.74) is 0.934. The number of hydrogen-bond donors (Lipinski definition) is 2. The summed E-state index contributed by atoms with van der Waals surface area (Å²) >= 11 is 17.6. The molecule has 0 saturated carbocycles. The predicted octanol–water partition coefficient (Wildman–Crippen LogP) is 4.34. The van der Waals surface area contributed by atoms with Crippen LogP contribution in [0.1, 0.15) is 10.4 Å². The van der Waals surface area contributed by atoms with Crippen molar-refractivity contribution in [2.24, 2.45) is 0 Å². The van der Waals surface area contributed by atoms with Gasteiger partial charge in [-0.3, -0.25) is 4.79 Å². The summed E-state index contributed by atoms with van der Waals surface area (Å²) in [6.45, 7) is 0. The SMILES string of the molecule is CNc1cc(C(=O)Nc2ccc(Cl)c(Cl)c2)cc(Cl)n1. The van der Waals surface area contributed by atoms with Crippen LogP contribution in [-0.4, -0.2) is 17.9 Å². The Hall–Kier alpha value is -1.49. The van der Waals surface area contributed by atoms with E-state index in [0.717, 1.165) is 0 Å². The molecule has 0 atom stereocenters. The van der Waals surface area contributed by atoms with Gasteiger partial charge in [0.1, 0.15) is 11.0 Å². The van der Waals surface area contributed by atoms with E-state index in [2.05, 4.69) is 15.6 Å². The second kappa shape index (κ2) is 6.31. The highest BCUT2D eigenvalue weighted by atomic mass is 35.5.